The molecule has 0 bridgehead atoms. The van der Waals surface area contributed by atoms with Crippen molar-refractivity contribution in [3.8, 4) is 0 Å². The van der Waals surface area contributed by atoms with Gasteiger partial charge in [0.25, 0.3) is 5.69 Å². The van der Waals surface area contributed by atoms with Crippen LogP contribution in [0.15, 0.2) is 12.1 Å². The molecule has 0 spiro atoms. The van der Waals surface area contributed by atoms with Crippen molar-refractivity contribution >= 4 is 17.3 Å². The molecule has 0 aliphatic heterocycles. The van der Waals surface area contributed by atoms with E-state index in [1.165, 1.54) is 0 Å². The highest BCUT2D eigenvalue weighted by Gasteiger charge is 2.11. The fourth-order valence-electron chi connectivity index (χ4n) is 0.577. The standard InChI is InChI=1S/C6H2ClFNO2/c7-5-3-4(8)1-2-6(5)9(10)11/h1-2H. The topological polar surface area (TPSA) is 43.1 Å². The minimum atomic E-state index is -0.708. The molecule has 0 amide bonds. The van der Waals surface area contributed by atoms with E-state index in [9.17, 15) is 14.5 Å². The molecule has 0 N–H and O–H groups in total. The maximum absolute atomic E-state index is 12.2. The highest BCUT2D eigenvalue weighted by atomic mass is 35.5. The second kappa shape index (κ2) is 2.84. The van der Waals surface area contributed by atoms with E-state index in [0.29, 0.717) is 0 Å². The predicted octanol–water partition coefficient (Wildman–Crippen LogP) is 2.19. The Morgan fingerprint density at radius 3 is 2.73 bits per heavy atom. The molecular formula is C6H2ClFNO2. The third kappa shape index (κ3) is 1.65. The van der Waals surface area contributed by atoms with Gasteiger partial charge in [-0.05, 0) is 6.07 Å². The predicted molar refractivity (Wildman–Crippen MR) is 36.9 cm³/mol. The van der Waals surface area contributed by atoms with Crippen molar-refractivity contribution in [2.45, 2.75) is 0 Å². The number of hydrogen-bond donors (Lipinski definition) is 0. The normalized spacial score (nSPS) is 9.64. The average Bonchev–Trinajstić information content (AvgIpc) is 1.85. The molecule has 0 aliphatic rings. The van der Waals surface area contributed by atoms with Gasteiger partial charge in [0, 0.05) is 12.1 Å². The first kappa shape index (κ1) is 7.94. The second-order valence-electron chi connectivity index (χ2n) is 1.76. The van der Waals surface area contributed by atoms with Crippen molar-refractivity contribution in [2.24, 2.45) is 0 Å². The highest BCUT2D eigenvalue weighted by Crippen LogP contribution is 2.23. The van der Waals surface area contributed by atoms with Gasteiger partial charge in [0.15, 0.2) is 0 Å². The zero-order valence-corrected chi connectivity index (χ0v) is 5.93. The number of nitro groups is 1. The number of rotatable bonds is 1. The fraction of sp³-hybridized carbons (Fsp3) is 0. The van der Waals surface area contributed by atoms with Gasteiger partial charge in [-0.25, -0.2) is 4.39 Å². The molecular weight excluding hydrogens is 173 g/mol. The number of nitrogens with zero attached hydrogens (tertiary/aromatic N) is 1. The van der Waals surface area contributed by atoms with E-state index in [0.717, 1.165) is 12.1 Å². The van der Waals surface area contributed by atoms with E-state index in [1.807, 2.05) is 6.07 Å². The number of benzene rings is 1. The van der Waals surface area contributed by atoms with E-state index in [2.05, 4.69) is 0 Å². The Morgan fingerprint density at radius 1 is 1.64 bits per heavy atom. The van der Waals surface area contributed by atoms with E-state index >= 15 is 0 Å². The lowest BCUT2D eigenvalue weighted by atomic mass is 10.3. The van der Waals surface area contributed by atoms with Crippen LogP contribution in [0.2, 0.25) is 5.02 Å². The van der Waals surface area contributed by atoms with Crippen molar-refractivity contribution in [3.05, 3.63) is 39.2 Å². The summed E-state index contributed by atoms with van der Waals surface area (Å²) in [6.07, 6.45) is 0. The first-order valence-corrected chi connectivity index (χ1v) is 3.01. The third-order valence-electron chi connectivity index (χ3n) is 1.04. The molecule has 11 heavy (non-hydrogen) atoms. The molecule has 0 heterocycles. The molecule has 5 heteroatoms. The average molecular weight is 175 g/mol. The van der Waals surface area contributed by atoms with Gasteiger partial charge in [-0.3, -0.25) is 10.1 Å². The monoisotopic (exact) mass is 174 g/mol. The molecule has 0 saturated carbocycles. The third-order valence-corrected chi connectivity index (χ3v) is 1.33. The molecule has 3 nitrogen and oxygen atoms in total. The van der Waals surface area contributed by atoms with Gasteiger partial charge in [0.2, 0.25) is 0 Å². The Balaban J connectivity index is 3.20. The van der Waals surface area contributed by atoms with Crippen LogP contribution in [0.3, 0.4) is 0 Å². The molecule has 1 rings (SSSR count). The van der Waals surface area contributed by atoms with Gasteiger partial charge in [0.05, 0.1) is 4.92 Å². The van der Waals surface area contributed by atoms with Gasteiger partial charge in [-0.15, -0.1) is 0 Å². The summed E-state index contributed by atoms with van der Waals surface area (Å²) < 4.78 is 12.2. The summed E-state index contributed by atoms with van der Waals surface area (Å²) in [4.78, 5) is 9.42. The quantitative estimate of drug-likeness (QED) is 0.484. The number of halogens is 2. The summed E-state index contributed by atoms with van der Waals surface area (Å²) in [6.45, 7) is 0. The molecule has 0 aliphatic carbocycles. The Kier molecular flexibility index (Phi) is 2.05. The lowest BCUT2D eigenvalue weighted by molar-refractivity contribution is -0.384. The largest absolute Gasteiger partial charge is 0.288 e. The van der Waals surface area contributed by atoms with Crippen molar-refractivity contribution < 1.29 is 9.31 Å². The minimum Gasteiger partial charge on any atom is -0.258 e. The molecule has 0 saturated heterocycles. The summed E-state index contributed by atoms with van der Waals surface area (Å²) in [7, 11) is 0. The maximum atomic E-state index is 12.2. The van der Waals surface area contributed by atoms with Crippen LogP contribution in [0.1, 0.15) is 0 Å². The van der Waals surface area contributed by atoms with Crippen LogP contribution in [0.25, 0.3) is 0 Å². The molecule has 1 aromatic carbocycles. The van der Waals surface area contributed by atoms with Crippen molar-refractivity contribution in [2.75, 3.05) is 0 Å². The smallest absolute Gasteiger partial charge is 0.258 e. The van der Waals surface area contributed by atoms with Gasteiger partial charge in [0.1, 0.15) is 10.8 Å². The highest BCUT2D eigenvalue weighted by molar-refractivity contribution is 6.32. The van der Waals surface area contributed by atoms with Gasteiger partial charge >= 0.3 is 0 Å². The SMILES string of the molecule is O=[N+]([O-])c1ccc(F)[c]c1Cl. The summed E-state index contributed by atoms with van der Waals surface area (Å²) >= 11 is 5.29. The van der Waals surface area contributed by atoms with Crippen molar-refractivity contribution in [3.63, 3.8) is 0 Å². The molecule has 1 radical (unpaired) electrons. The lowest BCUT2D eigenvalue weighted by Crippen LogP contribution is -1.89. The molecule has 0 aromatic heterocycles. The van der Waals surface area contributed by atoms with E-state index < -0.39 is 10.7 Å². The summed E-state index contributed by atoms with van der Waals surface area (Å²) in [5, 5.41) is 9.80. The molecule has 1 aromatic rings. The fourth-order valence-corrected chi connectivity index (χ4v) is 0.799. The number of hydrogen-bond acceptors (Lipinski definition) is 2. The van der Waals surface area contributed by atoms with E-state index in [1.54, 1.807) is 0 Å². The molecule has 57 valence electrons. The van der Waals surface area contributed by atoms with Crippen LogP contribution in [-0.4, -0.2) is 4.92 Å². The Morgan fingerprint density at radius 2 is 2.27 bits per heavy atom. The second-order valence-corrected chi connectivity index (χ2v) is 2.14. The van der Waals surface area contributed by atoms with E-state index in [4.69, 9.17) is 11.6 Å². The zero-order chi connectivity index (χ0) is 8.43. The maximum Gasteiger partial charge on any atom is 0.288 e. The van der Waals surface area contributed by atoms with Crippen LogP contribution >= 0.6 is 11.6 Å². The van der Waals surface area contributed by atoms with Crippen LogP contribution in [0.5, 0.6) is 0 Å². The summed E-state index contributed by atoms with van der Waals surface area (Å²) in [6, 6.07) is 3.91. The van der Waals surface area contributed by atoms with Crippen LogP contribution < -0.4 is 0 Å². The first-order valence-electron chi connectivity index (χ1n) is 2.63. The Bertz CT molecular complexity index is 303. The molecule has 0 atom stereocenters. The molecule has 0 unspecified atom stereocenters. The van der Waals surface area contributed by atoms with E-state index in [-0.39, 0.29) is 10.7 Å². The summed E-state index contributed by atoms with van der Waals surface area (Å²) in [5.74, 6) is -0.708. The number of nitro benzene ring substituents is 1. The van der Waals surface area contributed by atoms with Crippen LogP contribution in [-0.2, 0) is 0 Å². The van der Waals surface area contributed by atoms with Crippen molar-refractivity contribution in [1.82, 2.24) is 0 Å². The van der Waals surface area contributed by atoms with Crippen LogP contribution in [0, 0.1) is 22.0 Å². The van der Waals surface area contributed by atoms with Crippen LogP contribution in [0.4, 0.5) is 10.1 Å². The molecule has 0 fully saturated rings. The zero-order valence-electron chi connectivity index (χ0n) is 5.17. The van der Waals surface area contributed by atoms with Crippen molar-refractivity contribution in [1.29, 1.82) is 0 Å². The Labute approximate surface area is 66.6 Å². The minimum absolute atomic E-state index is 0.310. The first-order chi connectivity index (χ1) is 5.11. The summed E-state index contributed by atoms with van der Waals surface area (Å²) in [5.41, 5.74) is -0.340. The lowest BCUT2D eigenvalue weighted by Gasteiger charge is -1.92. The van der Waals surface area contributed by atoms with Gasteiger partial charge < -0.3 is 0 Å². The Hall–Kier alpha value is -1.16. The van der Waals surface area contributed by atoms with Gasteiger partial charge in [-0.1, -0.05) is 11.6 Å². The van der Waals surface area contributed by atoms with Gasteiger partial charge in [-0.2, -0.15) is 0 Å².